The van der Waals surface area contributed by atoms with E-state index in [2.05, 4.69) is 61.5 Å². The summed E-state index contributed by atoms with van der Waals surface area (Å²) >= 11 is 0.565. The number of benzene rings is 2. The first-order valence-corrected chi connectivity index (χ1v) is 7.15. The van der Waals surface area contributed by atoms with Crippen LogP contribution in [0.5, 0.6) is 0 Å². The summed E-state index contributed by atoms with van der Waals surface area (Å²) in [6.07, 6.45) is 0. The van der Waals surface area contributed by atoms with E-state index >= 15 is 0 Å². The summed E-state index contributed by atoms with van der Waals surface area (Å²) in [4.78, 5) is 0. The fourth-order valence-electron chi connectivity index (χ4n) is 1.49. The zero-order chi connectivity index (χ0) is 10.5. The summed E-state index contributed by atoms with van der Waals surface area (Å²) in [5, 5.41) is 1.19. The van der Waals surface area contributed by atoms with Gasteiger partial charge >= 0.3 is 97.4 Å². The minimum atomic E-state index is 0.565. The molecule has 0 heterocycles. The van der Waals surface area contributed by atoms with Gasteiger partial charge in [0.2, 0.25) is 0 Å². The maximum absolute atomic E-state index is 2.28. The van der Waals surface area contributed by atoms with Crippen molar-refractivity contribution in [2.75, 3.05) is 0 Å². The van der Waals surface area contributed by atoms with Crippen molar-refractivity contribution in [2.45, 2.75) is 12.2 Å². The van der Waals surface area contributed by atoms with Crippen LogP contribution in [-0.2, 0) is 5.32 Å². The predicted octanol–water partition coefficient (Wildman–Crippen LogP) is 2.52. The zero-order valence-electron chi connectivity index (χ0n) is 8.81. The van der Waals surface area contributed by atoms with Crippen LogP contribution < -0.4 is 4.46 Å². The van der Waals surface area contributed by atoms with Crippen LogP contribution in [0.15, 0.2) is 54.6 Å². The van der Waals surface area contributed by atoms with Gasteiger partial charge in [0.15, 0.2) is 0 Å². The van der Waals surface area contributed by atoms with Gasteiger partial charge in [0, 0.05) is 0 Å². The average Bonchev–Trinajstić information content (AvgIpc) is 2.28. The summed E-state index contributed by atoms with van der Waals surface area (Å²) in [7, 11) is 0. The molecule has 2 rings (SSSR count). The molecule has 0 radical (unpaired) electrons. The number of hydrogen-bond acceptors (Lipinski definition) is 0. The molecule has 0 unspecified atom stereocenters. The third kappa shape index (κ3) is 3.23. The molecule has 0 amide bonds. The monoisotopic (exact) mass is 262 g/mol. The molecule has 2 aromatic carbocycles. The maximum atomic E-state index is 2.28. The Labute approximate surface area is 97.5 Å². The van der Waals surface area contributed by atoms with Gasteiger partial charge < -0.3 is 0 Å². The van der Waals surface area contributed by atoms with E-state index in [9.17, 15) is 0 Å². The molecule has 0 aromatic heterocycles. The van der Waals surface area contributed by atoms with E-state index in [4.69, 9.17) is 0 Å². The Balaban J connectivity index is 1.99. The quantitative estimate of drug-likeness (QED) is 0.745. The molecule has 0 aliphatic carbocycles. The van der Waals surface area contributed by atoms with E-state index in [-0.39, 0.29) is 0 Å². The van der Waals surface area contributed by atoms with Crippen molar-refractivity contribution in [1.82, 2.24) is 0 Å². The van der Waals surface area contributed by atoms with Gasteiger partial charge in [0.05, 0.1) is 0 Å². The van der Waals surface area contributed by atoms with Crippen molar-refractivity contribution in [3.05, 3.63) is 65.7 Å². The Morgan fingerprint density at radius 2 is 1.73 bits per heavy atom. The number of rotatable bonds is 3. The molecular formula is C14H14Se. The van der Waals surface area contributed by atoms with Gasteiger partial charge in [0.1, 0.15) is 0 Å². The average molecular weight is 261 g/mol. The number of hydrogen-bond donors (Lipinski definition) is 0. The molecule has 0 aliphatic rings. The molecule has 0 saturated heterocycles. The van der Waals surface area contributed by atoms with E-state index < -0.39 is 0 Å². The van der Waals surface area contributed by atoms with E-state index in [1.807, 2.05) is 0 Å². The summed E-state index contributed by atoms with van der Waals surface area (Å²) < 4.78 is 1.48. The standard InChI is InChI=1S/C14H14Se/c1-12-6-5-7-13(10-12)11-15-14-8-3-2-4-9-14/h2-10H,11H2,1H3. The van der Waals surface area contributed by atoms with Crippen LogP contribution in [0.4, 0.5) is 0 Å². The van der Waals surface area contributed by atoms with E-state index in [0.717, 1.165) is 0 Å². The van der Waals surface area contributed by atoms with Gasteiger partial charge in [-0.05, 0) is 0 Å². The molecule has 0 nitrogen and oxygen atoms in total. The molecule has 0 bridgehead atoms. The summed E-state index contributed by atoms with van der Waals surface area (Å²) in [5.74, 6) is 0. The van der Waals surface area contributed by atoms with Crippen molar-refractivity contribution < 1.29 is 0 Å². The van der Waals surface area contributed by atoms with Crippen molar-refractivity contribution in [2.24, 2.45) is 0 Å². The summed E-state index contributed by atoms with van der Waals surface area (Å²) in [6.45, 7) is 2.15. The van der Waals surface area contributed by atoms with Crippen LogP contribution in [0.2, 0.25) is 0 Å². The fourth-order valence-corrected chi connectivity index (χ4v) is 3.29. The van der Waals surface area contributed by atoms with Gasteiger partial charge in [-0.3, -0.25) is 0 Å². The van der Waals surface area contributed by atoms with E-state index in [0.29, 0.717) is 15.0 Å². The molecule has 0 atom stereocenters. The molecule has 0 aliphatic heterocycles. The Hall–Kier alpha value is -1.04. The molecule has 0 saturated carbocycles. The first-order chi connectivity index (χ1) is 7.34. The molecule has 0 N–H and O–H groups in total. The summed E-state index contributed by atoms with van der Waals surface area (Å²) in [5.41, 5.74) is 2.82. The molecule has 0 fully saturated rings. The predicted molar refractivity (Wildman–Crippen MR) is 66.7 cm³/mol. The van der Waals surface area contributed by atoms with Gasteiger partial charge in [-0.2, -0.15) is 0 Å². The van der Waals surface area contributed by atoms with Crippen LogP contribution >= 0.6 is 0 Å². The van der Waals surface area contributed by atoms with Gasteiger partial charge in [-0.1, -0.05) is 0 Å². The Bertz CT molecular complexity index is 420. The van der Waals surface area contributed by atoms with E-state index in [1.165, 1.54) is 20.9 Å². The van der Waals surface area contributed by atoms with Crippen LogP contribution in [-0.4, -0.2) is 15.0 Å². The summed E-state index contributed by atoms with van der Waals surface area (Å²) in [6, 6.07) is 19.5. The third-order valence-electron chi connectivity index (χ3n) is 2.23. The minimum absolute atomic E-state index is 0.565. The number of aryl methyl sites for hydroxylation is 1. The molecule has 76 valence electrons. The van der Waals surface area contributed by atoms with Crippen LogP contribution in [0, 0.1) is 6.92 Å². The fraction of sp³-hybridized carbons (Fsp3) is 0.143. The first-order valence-electron chi connectivity index (χ1n) is 5.08. The molecule has 15 heavy (non-hydrogen) atoms. The van der Waals surface area contributed by atoms with Crippen molar-refractivity contribution in [3.8, 4) is 0 Å². The van der Waals surface area contributed by atoms with Gasteiger partial charge in [-0.15, -0.1) is 0 Å². The topological polar surface area (TPSA) is 0 Å². The first kappa shape index (κ1) is 10.5. The molecule has 2 aromatic rings. The zero-order valence-corrected chi connectivity index (χ0v) is 10.5. The van der Waals surface area contributed by atoms with Crippen molar-refractivity contribution in [3.63, 3.8) is 0 Å². The second kappa shape index (κ2) is 5.16. The normalized spacial score (nSPS) is 10.2. The van der Waals surface area contributed by atoms with Crippen LogP contribution in [0.3, 0.4) is 0 Å². The van der Waals surface area contributed by atoms with Crippen LogP contribution in [0.25, 0.3) is 0 Å². The SMILES string of the molecule is Cc1cccc(C[Se]c2ccccc2)c1. The Kier molecular flexibility index (Phi) is 3.60. The third-order valence-corrected chi connectivity index (χ3v) is 4.50. The van der Waals surface area contributed by atoms with Crippen molar-refractivity contribution in [1.29, 1.82) is 0 Å². The Morgan fingerprint density at radius 3 is 2.47 bits per heavy atom. The van der Waals surface area contributed by atoms with Gasteiger partial charge in [0.25, 0.3) is 0 Å². The van der Waals surface area contributed by atoms with Crippen molar-refractivity contribution >= 4 is 19.4 Å². The molecule has 0 spiro atoms. The van der Waals surface area contributed by atoms with E-state index in [1.54, 1.807) is 0 Å². The molecular weight excluding hydrogens is 247 g/mol. The van der Waals surface area contributed by atoms with Crippen LogP contribution in [0.1, 0.15) is 11.1 Å². The molecule has 1 heteroatoms. The van der Waals surface area contributed by atoms with Gasteiger partial charge in [-0.25, -0.2) is 0 Å². The Morgan fingerprint density at radius 1 is 0.933 bits per heavy atom. The second-order valence-electron chi connectivity index (χ2n) is 3.59. The second-order valence-corrected chi connectivity index (χ2v) is 5.79.